The molecule has 3 aromatic rings. The number of phenols is 1. The minimum Gasteiger partial charge on any atom is -0.508 e. The zero-order valence-corrected chi connectivity index (χ0v) is 25.2. The highest BCUT2D eigenvalue weighted by molar-refractivity contribution is 6.58. The van der Waals surface area contributed by atoms with E-state index in [-0.39, 0.29) is 47.3 Å². The summed E-state index contributed by atoms with van der Waals surface area (Å²) < 4.78 is 13.8. The minimum absolute atomic E-state index is 0.0703. The first kappa shape index (κ1) is 29.0. The average Bonchev–Trinajstić information content (AvgIpc) is 3.33. The number of nitrogens with zero attached hydrogens (tertiary/aromatic N) is 2. The average molecular weight is 654 g/mol. The van der Waals surface area contributed by atoms with Gasteiger partial charge in [0.25, 0.3) is 11.8 Å². The molecule has 2 heterocycles. The van der Waals surface area contributed by atoms with Crippen LogP contribution in [0.3, 0.4) is 0 Å². The van der Waals surface area contributed by atoms with E-state index in [1.54, 1.807) is 6.08 Å². The van der Waals surface area contributed by atoms with Crippen LogP contribution in [0.15, 0.2) is 84.4 Å². The number of fused-ring (bicyclic) bond motifs is 4. The number of carbonyl (C=O) groups excluding carboxylic acids is 4. The van der Waals surface area contributed by atoms with Crippen LogP contribution in [0.1, 0.15) is 29.9 Å². The molecule has 1 N–H and O–H groups in total. The number of benzene rings is 3. The largest absolute Gasteiger partial charge is 0.508 e. The maximum absolute atomic E-state index is 14.3. The zero-order chi connectivity index (χ0) is 31.1. The van der Waals surface area contributed by atoms with Crippen molar-refractivity contribution in [1.82, 2.24) is 4.90 Å². The number of amides is 4. The Labute approximate surface area is 266 Å². The Hall–Kier alpha value is -3.72. The third kappa shape index (κ3) is 3.93. The highest BCUT2D eigenvalue weighted by Crippen LogP contribution is 2.66. The van der Waals surface area contributed by atoms with Crippen LogP contribution in [0.5, 0.6) is 5.75 Å². The van der Waals surface area contributed by atoms with Crippen molar-refractivity contribution in [3.05, 3.63) is 106 Å². The molecule has 7 nitrogen and oxygen atoms in total. The van der Waals surface area contributed by atoms with Gasteiger partial charge in [-0.25, -0.2) is 9.29 Å². The number of imide groups is 2. The Morgan fingerprint density at radius 1 is 0.886 bits per heavy atom. The van der Waals surface area contributed by atoms with Crippen molar-refractivity contribution in [3.8, 4) is 5.75 Å². The molecule has 3 fully saturated rings. The summed E-state index contributed by atoms with van der Waals surface area (Å²) in [5.74, 6) is -6.73. The van der Waals surface area contributed by atoms with Crippen molar-refractivity contribution in [2.24, 2.45) is 17.8 Å². The Balaban J connectivity index is 1.38. The number of allylic oxidation sites excluding steroid dienone is 2. The second-order valence-electron chi connectivity index (χ2n) is 11.7. The summed E-state index contributed by atoms with van der Waals surface area (Å²) in [5.41, 5.74) is 1.54. The molecular weight excluding hydrogens is 630 g/mol. The number of likely N-dealkylation sites (tertiary alicyclic amines) is 1. The third-order valence-corrected chi connectivity index (χ3v) is 11.1. The van der Waals surface area contributed by atoms with Crippen molar-refractivity contribution >= 4 is 64.1 Å². The topological polar surface area (TPSA) is 95.0 Å². The van der Waals surface area contributed by atoms with Gasteiger partial charge in [-0.2, -0.15) is 0 Å². The Bertz CT molecular complexity index is 1780. The molecule has 6 unspecified atom stereocenters. The van der Waals surface area contributed by atoms with Crippen LogP contribution in [-0.2, 0) is 25.7 Å². The number of alkyl halides is 2. The first-order chi connectivity index (χ1) is 21.0. The molecule has 224 valence electrons. The molecule has 3 aromatic carbocycles. The summed E-state index contributed by atoms with van der Waals surface area (Å²) in [6.07, 6.45) is 1.76. The number of phenolic OH excluding ortho intramolecular Hbond substituents is 1. The molecule has 4 aliphatic rings. The van der Waals surface area contributed by atoms with E-state index in [1.165, 1.54) is 35.2 Å². The van der Waals surface area contributed by atoms with Crippen molar-refractivity contribution in [2.75, 3.05) is 4.90 Å². The summed E-state index contributed by atoms with van der Waals surface area (Å²) in [6, 6.07) is 18.2. The number of aromatic hydroxyl groups is 1. The molecule has 0 aromatic heterocycles. The van der Waals surface area contributed by atoms with Gasteiger partial charge in [-0.3, -0.25) is 24.1 Å². The van der Waals surface area contributed by atoms with E-state index >= 15 is 0 Å². The summed E-state index contributed by atoms with van der Waals surface area (Å²) in [4.78, 5) is 54.1. The number of rotatable bonds is 4. The summed E-state index contributed by atoms with van der Waals surface area (Å²) >= 11 is 21.0. The van der Waals surface area contributed by atoms with Gasteiger partial charge in [-0.15, -0.1) is 23.2 Å². The van der Waals surface area contributed by atoms with E-state index in [4.69, 9.17) is 34.8 Å². The van der Waals surface area contributed by atoms with Crippen LogP contribution in [0, 0.1) is 23.6 Å². The Morgan fingerprint density at radius 2 is 1.59 bits per heavy atom. The van der Waals surface area contributed by atoms with E-state index in [1.807, 2.05) is 30.3 Å². The van der Waals surface area contributed by atoms with Gasteiger partial charge >= 0.3 is 0 Å². The molecule has 2 aliphatic carbocycles. The number of anilines is 1. The summed E-state index contributed by atoms with van der Waals surface area (Å²) in [6.45, 7) is 0.0906. The minimum atomic E-state index is -2.16. The molecule has 2 aliphatic heterocycles. The third-order valence-electron chi connectivity index (χ3n) is 9.47. The van der Waals surface area contributed by atoms with Crippen molar-refractivity contribution in [3.63, 3.8) is 0 Å². The van der Waals surface area contributed by atoms with E-state index < -0.39 is 57.0 Å². The van der Waals surface area contributed by atoms with Gasteiger partial charge in [0.05, 0.1) is 24.1 Å². The van der Waals surface area contributed by atoms with Crippen molar-refractivity contribution in [1.29, 1.82) is 0 Å². The van der Waals surface area contributed by atoms with Gasteiger partial charge in [-0.05, 0) is 66.8 Å². The monoisotopic (exact) mass is 652 g/mol. The molecule has 0 spiro atoms. The lowest BCUT2D eigenvalue weighted by Crippen LogP contribution is -2.60. The summed E-state index contributed by atoms with van der Waals surface area (Å²) in [7, 11) is 0. The number of hydrogen-bond donors (Lipinski definition) is 1. The second-order valence-corrected chi connectivity index (χ2v) is 13.4. The van der Waals surface area contributed by atoms with Gasteiger partial charge in [0.15, 0.2) is 9.75 Å². The highest BCUT2D eigenvalue weighted by Gasteiger charge is 2.76. The molecule has 4 amide bonds. The van der Waals surface area contributed by atoms with Gasteiger partial charge in [-0.1, -0.05) is 53.6 Å². The van der Waals surface area contributed by atoms with Gasteiger partial charge in [0.1, 0.15) is 11.6 Å². The molecule has 44 heavy (non-hydrogen) atoms. The highest BCUT2D eigenvalue weighted by atomic mass is 35.5. The predicted molar refractivity (Wildman–Crippen MR) is 162 cm³/mol. The molecule has 6 atom stereocenters. The fourth-order valence-electron chi connectivity index (χ4n) is 7.49. The first-order valence-electron chi connectivity index (χ1n) is 14.1. The van der Waals surface area contributed by atoms with E-state index in [0.29, 0.717) is 5.57 Å². The fraction of sp³-hybridized carbons (Fsp3) is 0.273. The Kier molecular flexibility index (Phi) is 6.70. The molecule has 1 saturated carbocycles. The molecule has 7 rings (SSSR count). The van der Waals surface area contributed by atoms with Crippen LogP contribution < -0.4 is 4.90 Å². The quantitative estimate of drug-likeness (QED) is 0.214. The maximum atomic E-state index is 14.3. The van der Waals surface area contributed by atoms with E-state index in [2.05, 4.69) is 0 Å². The molecule has 2 saturated heterocycles. The molecule has 0 radical (unpaired) electrons. The predicted octanol–water partition coefficient (Wildman–Crippen LogP) is 5.95. The molecule has 11 heteroatoms. The van der Waals surface area contributed by atoms with Crippen LogP contribution in [0.2, 0.25) is 5.02 Å². The lowest BCUT2D eigenvalue weighted by atomic mass is 9.56. The zero-order valence-electron chi connectivity index (χ0n) is 22.9. The van der Waals surface area contributed by atoms with Crippen LogP contribution in [-0.4, -0.2) is 43.4 Å². The Morgan fingerprint density at radius 3 is 2.30 bits per heavy atom. The number of halogens is 4. The van der Waals surface area contributed by atoms with Crippen LogP contribution in [0.4, 0.5) is 10.1 Å². The van der Waals surface area contributed by atoms with Crippen LogP contribution >= 0.6 is 34.8 Å². The normalized spacial score (nSPS) is 31.1. The number of hydrogen-bond acceptors (Lipinski definition) is 5. The van der Waals surface area contributed by atoms with Crippen LogP contribution in [0.25, 0.3) is 0 Å². The van der Waals surface area contributed by atoms with E-state index in [0.717, 1.165) is 22.6 Å². The lowest BCUT2D eigenvalue weighted by Gasteiger charge is -2.50. The number of carbonyl (C=O) groups is 4. The molecule has 0 bridgehead atoms. The van der Waals surface area contributed by atoms with Crippen molar-refractivity contribution in [2.45, 2.75) is 35.1 Å². The SMILES string of the molecule is O=C1C2CC=C3C(CC4(Cl)C(=O)N(c5ccc(F)cc5)C(=O)C4(Cl)C3c3cc(Cl)ccc3O)C2C(=O)N1Cc1ccccc1. The summed E-state index contributed by atoms with van der Waals surface area (Å²) in [5, 5.41) is 11.3. The van der Waals surface area contributed by atoms with Crippen molar-refractivity contribution < 1.29 is 28.7 Å². The van der Waals surface area contributed by atoms with Gasteiger partial charge in [0.2, 0.25) is 11.8 Å². The van der Waals surface area contributed by atoms with Gasteiger partial charge < -0.3 is 5.11 Å². The van der Waals surface area contributed by atoms with Gasteiger partial charge in [0, 0.05) is 16.5 Å². The standard InChI is InChI=1S/C33H24Cl3FN2O5/c34-18-6-13-25(40)23(14-18)27-21-11-12-22-26(29(42)38(28(22)41)16-17-4-2-1-3-5-17)24(21)15-32(35)30(43)39(31(44)33(27,32)36)20-9-7-19(37)8-10-20/h1-11,13-14,22,24,26-27,40H,12,15-16H2. The van der Waals surface area contributed by atoms with E-state index in [9.17, 15) is 28.7 Å². The molecular formula is C33H24Cl3FN2O5. The maximum Gasteiger partial charge on any atom is 0.258 e. The fourth-order valence-corrected chi connectivity index (χ4v) is 8.60. The second kappa shape index (κ2) is 10.2. The smallest absolute Gasteiger partial charge is 0.258 e. The first-order valence-corrected chi connectivity index (χ1v) is 15.2. The lowest BCUT2D eigenvalue weighted by molar-refractivity contribution is -0.141.